The molecule has 19 heavy (non-hydrogen) atoms. The van der Waals surface area contributed by atoms with Crippen LogP contribution in [0.2, 0.25) is 0 Å². The molecule has 1 atom stereocenters. The summed E-state index contributed by atoms with van der Waals surface area (Å²) in [5.74, 6) is 8.09. The van der Waals surface area contributed by atoms with Gasteiger partial charge >= 0.3 is 0 Å². The highest BCUT2D eigenvalue weighted by Gasteiger charge is 2.15. The van der Waals surface area contributed by atoms with Gasteiger partial charge in [-0.2, -0.15) is 26.7 Å². The van der Waals surface area contributed by atoms with Crippen LogP contribution in [0.25, 0.3) is 0 Å². The third kappa shape index (κ3) is 4.39. The van der Waals surface area contributed by atoms with Gasteiger partial charge in [0.1, 0.15) is 0 Å². The summed E-state index contributed by atoms with van der Waals surface area (Å²) in [5.41, 5.74) is 2.48. The van der Waals surface area contributed by atoms with Crippen LogP contribution in [-0.2, 0) is 0 Å². The molecule has 3 N–H and O–H groups in total. The smallest absolute Gasteiger partial charge is 0.243 e. The molecule has 0 radical (unpaired) electrons. The van der Waals surface area contributed by atoms with Gasteiger partial charge in [-0.05, 0) is 25.4 Å². The van der Waals surface area contributed by atoms with E-state index < -0.39 is 0 Å². The summed E-state index contributed by atoms with van der Waals surface area (Å²) in [7, 11) is 5.76. The minimum absolute atomic E-state index is 0.357. The van der Waals surface area contributed by atoms with Crippen molar-refractivity contribution in [2.45, 2.75) is 19.4 Å². The number of aromatic nitrogens is 3. The van der Waals surface area contributed by atoms with E-state index in [2.05, 4.69) is 33.6 Å². The fraction of sp³-hybridized carbons (Fsp3) is 0.727. The zero-order valence-electron chi connectivity index (χ0n) is 12.2. The molecule has 0 aliphatic rings. The van der Waals surface area contributed by atoms with Crippen molar-refractivity contribution in [3.8, 4) is 0 Å². The molecule has 8 heteroatoms. The van der Waals surface area contributed by atoms with E-state index in [0.29, 0.717) is 23.9 Å². The van der Waals surface area contributed by atoms with Crippen LogP contribution in [0.5, 0.6) is 0 Å². The monoisotopic (exact) mass is 285 g/mol. The standard InChI is InChI=1S/C11H23N7S/c1-8(6-7-19-5)18(4)11-14-9(16-12)13-10(15-11)17(2)3/h8H,6-7,12H2,1-5H3,(H,13,14,15,16). The second-order valence-electron chi connectivity index (χ2n) is 4.54. The first kappa shape index (κ1) is 15.8. The molecule has 7 nitrogen and oxygen atoms in total. The van der Waals surface area contributed by atoms with Gasteiger partial charge in [-0.15, -0.1) is 0 Å². The Kier molecular flexibility index (Phi) is 6.10. The van der Waals surface area contributed by atoms with E-state index in [1.807, 2.05) is 42.7 Å². The third-order valence-electron chi connectivity index (χ3n) is 2.86. The van der Waals surface area contributed by atoms with Gasteiger partial charge in [0.05, 0.1) is 0 Å². The SMILES string of the molecule is CSCCC(C)N(C)c1nc(NN)nc(N(C)C)n1. The Balaban J connectivity index is 2.94. The van der Waals surface area contributed by atoms with Gasteiger partial charge in [0, 0.05) is 27.2 Å². The van der Waals surface area contributed by atoms with Gasteiger partial charge in [0.15, 0.2) is 0 Å². The lowest BCUT2D eigenvalue weighted by atomic mass is 10.2. The van der Waals surface area contributed by atoms with Crippen LogP contribution in [0.4, 0.5) is 17.8 Å². The van der Waals surface area contributed by atoms with Gasteiger partial charge in [-0.1, -0.05) is 0 Å². The number of nitrogens with one attached hydrogen (secondary N) is 1. The van der Waals surface area contributed by atoms with Gasteiger partial charge in [0.25, 0.3) is 0 Å². The van der Waals surface area contributed by atoms with Crippen LogP contribution in [0.15, 0.2) is 0 Å². The predicted molar refractivity (Wildman–Crippen MR) is 82.8 cm³/mol. The molecule has 0 aliphatic carbocycles. The molecule has 0 saturated carbocycles. The predicted octanol–water partition coefficient (Wildman–Crippen LogP) is 0.801. The highest BCUT2D eigenvalue weighted by Crippen LogP contribution is 2.17. The Morgan fingerprint density at radius 1 is 1.21 bits per heavy atom. The molecule has 108 valence electrons. The van der Waals surface area contributed by atoms with E-state index in [9.17, 15) is 0 Å². The number of rotatable bonds is 7. The Morgan fingerprint density at radius 2 is 1.84 bits per heavy atom. The van der Waals surface area contributed by atoms with Crippen molar-refractivity contribution < 1.29 is 0 Å². The van der Waals surface area contributed by atoms with E-state index in [1.165, 1.54) is 0 Å². The number of hydrazine groups is 1. The minimum Gasteiger partial charge on any atom is -0.347 e. The molecule has 1 aromatic heterocycles. The van der Waals surface area contributed by atoms with Crippen molar-refractivity contribution in [3.05, 3.63) is 0 Å². The van der Waals surface area contributed by atoms with E-state index in [-0.39, 0.29) is 0 Å². The van der Waals surface area contributed by atoms with Crippen molar-refractivity contribution in [1.29, 1.82) is 0 Å². The lowest BCUT2D eigenvalue weighted by molar-refractivity contribution is 0.651. The zero-order chi connectivity index (χ0) is 14.4. The summed E-state index contributed by atoms with van der Waals surface area (Å²) in [5, 5.41) is 0. The Morgan fingerprint density at radius 3 is 2.37 bits per heavy atom. The van der Waals surface area contributed by atoms with Crippen molar-refractivity contribution in [2.24, 2.45) is 5.84 Å². The van der Waals surface area contributed by atoms with E-state index in [4.69, 9.17) is 5.84 Å². The Hall–Kier alpha value is -1.28. The van der Waals surface area contributed by atoms with E-state index in [1.54, 1.807) is 0 Å². The molecule has 1 heterocycles. The molecule has 0 amide bonds. The van der Waals surface area contributed by atoms with Crippen LogP contribution in [-0.4, -0.2) is 54.1 Å². The second-order valence-corrected chi connectivity index (χ2v) is 5.52. The molecular formula is C11H23N7S. The molecule has 0 bridgehead atoms. The van der Waals surface area contributed by atoms with Crippen LogP contribution in [0.1, 0.15) is 13.3 Å². The minimum atomic E-state index is 0.357. The highest BCUT2D eigenvalue weighted by atomic mass is 32.2. The quantitative estimate of drug-likeness (QED) is 0.562. The van der Waals surface area contributed by atoms with Crippen LogP contribution in [0, 0.1) is 0 Å². The first-order chi connectivity index (χ1) is 8.99. The number of anilines is 3. The average Bonchev–Trinajstić information content (AvgIpc) is 2.43. The maximum absolute atomic E-state index is 5.40. The highest BCUT2D eigenvalue weighted by molar-refractivity contribution is 7.98. The number of nitrogens with zero attached hydrogens (tertiary/aromatic N) is 5. The van der Waals surface area contributed by atoms with E-state index in [0.717, 1.165) is 12.2 Å². The summed E-state index contributed by atoms with van der Waals surface area (Å²) in [4.78, 5) is 16.8. The molecule has 1 rings (SSSR count). The maximum Gasteiger partial charge on any atom is 0.243 e. The van der Waals surface area contributed by atoms with Gasteiger partial charge < -0.3 is 9.80 Å². The summed E-state index contributed by atoms with van der Waals surface area (Å²) in [6.45, 7) is 2.16. The number of nitrogen functional groups attached to an aromatic ring is 1. The first-order valence-electron chi connectivity index (χ1n) is 6.11. The largest absolute Gasteiger partial charge is 0.347 e. The van der Waals surface area contributed by atoms with Crippen molar-refractivity contribution in [1.82, 2.24) is 15.0 Å². The molecule has 0 aliphatic heterocycles. The number of nitrogens with two attached hydrogens (primary N) is 1. The van der Waals surface area contributed by atoms with E-state index >= 15 is 0 Å². The second kappa shape index (κ2) is 7.34. The summed E-state index contributed by atoms with van der Waals surface area (Å²) in [6.07, 6.45) is 3.18. The molecule has 0 aromatic carbocycles. The van der Waals surface area contributed by atoms with Crippen molar-refractivity contribution >= 4 is 29.6 Å². The molecular weight excluding hydrogens is 262 g/mol. The Bertz CT molecular complexity index is 399. The summed E-state index contributed by atoms with van der Waals surface area (Å²) >= 11 is 1.84. The summed E-state index contributed by atoms with van der Waals surface area (Å²) in [6, 6.07) is 0.357. The third-order valence-corrected chi connectivity index (χ3v) is 3.50. The number of hydrogen-bond donors (Lipinski definition) is 2. The number of thioether (sulfide) groups is 1. The average molecular weight is 285 g/mol. The lowest BCUT2D eigenvalue weighted by Gasteiger charge is -2.25. The van der Waals surface area contributed by atoms with Crippen LogP contribution < -0.4 is 21.1 Å². The molecule has 0 fully saturated rings. The molecule has 1 aromatic rings. The molecule has 1 unspecified atom stereocenters. The molecule has 0 saturated heterocycles. The van der Waals surface area contributed by atoms with Gasteiger partial charge in [0.2, 0.25) is 17.8 Å². The zero-order valence-corrected chi connectivity index (χ0v) is 13.0. The van der Waals surface area contributed by atoms with Crippen LogP contribution >= 0.6 is 11.8 Å². The van der Waals surface area contributed by atoms with Gasteiger partial charge in [-0.25, -0.2) is 5.84 Å². The van der Waals surface area contributed by atoms with Crippen molar-refractivity contribution in [2.75, 3.05) is 48.4 Å². The maximum atomic E-state index is 5.40. The topological polar surface area (TPSA) is 83.2 Å². The van der Waals surface area contributed by atoms with Crippen LogP contribution in [0.3, 0.4) is 0 Å². The fourth-order valence-corrected chi connectivity index (χ4v) is 2.03. The lowest BCUT2D eigenvalue weighted by Crippen LogP contribution is -2.32. The fourth-order valence-electron chi connectivity index (χ4n) is 1.46. The number of hydrogen-bond acceptors (Lipinski definition) is 8. The summed E-state index contributed by atoms with van der Waals surface area (Å²) < 4.78 is 0. The normalized spacial score (nSPS) is 12.1. The Labute approximate surface area is 119 Å². The molecule has 0 spiro atoms. The first-order valence-corrected chi connectivity index (χ1v) is 7.50. The van der Waals surface area contributed by atoms with Gasteiger partial charge in [-0.3, -0.25) is 5.43 Å². The van der Waals surface area contributed by atoms with Crippen molar-refractivity contribution in [3.63, 3.8) is 0 Å².